The normalized spacial score (nSPS) is 13.4. The lowest BCUT2D eigenvalue weighted by Crippen LogP contribution is -2.33. The van der Waals surface area contributed by atoms with E-state index in [0.717, 1.165) is 72.4 Å². The van der Waals surface area contributed by atoms with Gasteiger partial charge in [-0.05, 0) is 171 Å². The number of hydrogen-bond acceptors (Lipinski definition) is 8. The maximum absolute atomic E-state index is 12.9. The van der Waals surface area contributed by atoms with Gasteiger partial charge in [-0.3, -0.25) is 20.0 Å². The highest BCUT2D eigenvalue weighted by Gasteiger charge is 2.25. The number of fused-ring (bicyclic) bond motifs is 8. The Morgan fingerprint density at radius 2 is 0.703 bits per heavy atom. The number of carbonyl (C=O) groups excluding carboxylic acids is 2. The summed E-state index contributed by atoms with van der Waals surface area (Å²) >= 11 is 0. The van der Waals surface area contributed by atoms with Gasteiger partial charge in [0.05, 0.1) is 49.0 Å². The summed E-state index contributed by atoms with van der Waals surface area (Å²) < 4.78 is 11.3. The summed E-state index contributed by atoms with van der Waals surface area (Å²) in [4.78, 5) is 52.9. The molecule has 0 saturated heterocycles. The molecular weight excluding hydrogens is 801 g/mol. The topological polar surface area (TPSA) is 158 Å². The van der Waals surface area contributed by atoms with Gasteiger partial charge in [0, 0.05) is 37.9 Å². The third kappa shape index (κ3) is 12.7. The predicted octanol–water partition coefficient (Wildman–Crippen LogP) is 10.6. The van der Waals surface area contributed by atoms with Gasteiger partial charge in [0.1, 0.15) is 11.2 Å². The fraction of sp³-hybridized carbons (Fsp3) is 0.500. The van der Waals surface area contributed by atoms with Crippen LogP contribution >= 0.6 is 0 Å². The maximum Gasteiger partial charge on any atom is 0.407 e. The molecule has 2 aromatic carbocycles. The second kappa shape index (κ2) is 22.2. The molecule has 0 fully saturated rings. The van der Waals surface area contributed by atoms with Crippen LogP contribution < -0.4 is 10.6 Å². The first-order chi connectivity index (χ1) is 30.5. The number of H-pyrrole nitrogens is 2. The van der Waals surface area contributed by atoms with E-state index in [9.17, 15) is 9.59 Å². The van der Waals surface area contributed by atoms with E-state index in [4.69, 9.17) is 29.4 Å². The molecule has 8 bridgehead atoms. The number of alkyl carbamates (subject to hydrolysis) is 2. The Morgan fingerprint density at radius 1 is 0.453 bits per heavy atom. The summed E-state index contributed by atoms with van der Waals surface area (Å²) in [6.45, 7) is 26.9. The van der Waals surface area contributed by atoms with Crippen molar-refractivity contribution < 1.29 is 19.1 Å². The number of carbonyl (C=O) groups is 2. The van der Waals surface area contributed by atoms with Crippen molar-refractivity contribution in [3.63, 3.8) is 0 Å². The molecule has 5 rings (SSSR count). The Balaban J connectivity index is 1.61. The molecule has 1 aliphatic heterocycles. The number of rotatable bonds is 10. The third-order valence-electron chi connectivity index (χ3n) is 11.5. The smallest absolute Gasteiger partial charge is 0.407 e. The van der Waals surface area contributed by atoms with E-state index in [1.165, 1.54) is 55.6 Å². The zero-order valence-corrected chi connectivity index (χ0v) is 40.5. The molecule has 2 aromatic heterocycles. The summed E-state index contributed by atoms with van der Waals surface area (Å²) in [6, 6.07) is 8.10. The van der Waals surface area contributed by atoms with Crippen molar-refractivity contribution in [3.8, 4) is 0 Å². The predicted molar refractivity (Wildman–Crippen MR) is 262 cm³/mol. The number of amides is 2. The monoisotopic (exact) mass is 873 g/mol. The van der Waals surface area contributed by atoms with E-state index in [1.54, 1.807) is 0 Å². The van der Waals surface area contributed by atoms with Gasteiger partial charge in [-0.2, -0.15) is 0 Å². The molecule has 0 unspecified atom stereocenters. The van der Waals surface area contributed by atoms with E-state index in [1.807, 2.05) is 90.7 Å². The number of nitrogens with one attached hydrogen (secondary N) is 4. The van der Waals surface area contributed by atoms with Gasteiger partial charge in [-0.25, -0.2) is 9.59 Å². The van der Waals surface area contributed by atoms with Crippen LogP contribution in [0.1, 0.15) is 173 Å². The van der Waals surface area contributed by atoms with Crippen LogP contribution in [0.5, 0.6) is 0 Å². The number of benzene rings is 2. The van der Waals surface area contributed by atoms with Crippen LogP contribution in [-0.2, 0) is 87.3 Å². The molecule has 12 nitrogen and oxygen atoms in total. The standard InChI is InChI=1S/C52H72N8O4/c1-13-37-43-27-53-23-33-19-21-35(59-33)25-55-29-45-38(14-2)46(42(18-6)48(41(45)17-5)32-58-50(62)64-52(10,11)12)30-56-26-36-22-20-34(60-36)24-54-28-44(37)40(16-4)47(39(43)15-3)31-57-49(61)63-51(7,8)9/h19-26,59-60H,13-18,27-32H2,1-12H3,(H,57,61)(H,58,62). The van der Waals surface area contributed by atoms with Crippen molar-refractivity contribution in [1.82, 2.24) is 20.6 Å². The Bertz CT molecular complexity index is 2100. The minimum Gasteiger partial charge on any atom is -0.444 e. The highest BCUT2D eigenvalue weighted by molar-refractivity contribution is 5.84. The van der Waals surface area contributed by atoms with Crippen LogP contribution in [0.4, 0.5) is 9.59 Å². The zero-order valence-electron chi connectivity index (χ0n) is 40.5. The van der Waals surface area contributed by atoms with Crippen LogP contribution in [-0.4, -0.2) is 58.2 Å². The summed E-state index contributed by atoms with van der Waals surface area (Å²) in [5.74, 6) is 0. The minimum atomic E-state index is -0.603. The molecule has 64 heavy (non-hydrogen) atoms. The van der Waals surface area contributed by atoms with Crippen molar-refractivity contribution in [3.05, 3.63) is 114 Å². The van der Waals surface area contributed by atoms with Crippen molar-refractivity contribution in [2.45, 2.75) is 172 Å². The van der Waals surface area contributed by atoms with Gasteiger partial charge in [-0.15, -0.1) is 0 Å². The van der Waals surface area contributed by atoms with Crippen LogP contribution in [0.2, 0.25) is 0 Å². The average molecular weight is 873 g/mol. The molecule has 0 saturated carbocycles. The molecule has 0 spiro atoms. The molecule has 0 aliphatic carbocycles. The molecule has 0 radical (unpaired) electrons. The Hall–Kier alpha value is -5.78. The number of aromatic amines is 2. The first kappa shape index (κ1) is 49.2. The summed E-state index contributed by atoms with van der Waals surface area (Å²) in [7, 11) is 0. The van der Waals surface area contributed by atoms with Gasteiger partial charge in [0.25, 0.3) is 0 Å². The second-order valence-corrected chi connectivity index (χ2v) is 18.2. The molecule has 1 aliphatic rings. The molecule has 344 valence electrons. The van der Waals surface area contributed by atoms with Crippen LogP contribution in [0.15, 0.2) is 44.2 Å². The van der Waals surface area contributed by atoms with E-state index in [2.05, 4.69) is 62.1 Å². The molecular formula is C52H72N8O4. The van der Waals surface area contributed by atoms with Gasteiger partial charge in [0.2, 0.25) is 0 Å². The quantitative estimate of drug-likeness (QED) is 0.125. The maximum atomic E-state index is 12.9. The number of aromatic nitrogens is 2. The minimum absolute atomic E-state index is 0.352. The first-order valence-electron chi connectivity index (χ1n) is 23.2. The highest BCUT2D eigenvalue weighted by Crippen LogP contribution is 2.34. The van der Waals surface area contributed by atoms with Crippen molar-refractivity contribution in [2.24, 2.45) is 20.0 Å². The number of hydrogen-bond donors (Lipinski definition) is 4. The van der Waals surface area contributed by atoms with Gasteiger partial charge < -0.3 is 30.1 Å². The molecule has 0 atom stereocenters. The van der Waals surface area contributed by atoms with E-state index < -0.39 is 23.4 Å². The number of ether oxygens (including phenoxy) is 2. The molecule has 4 N–H and O–H groups in total. The fourth-order valence-corrected chi connectivity index (χ4v) is 8.99. The lowest BCUT2D eigenvalue weighted by atomic mass is 9.83. The molecule has 2 amide bonds. The Kier molecular flexibility index (Phi) is 17.1. The zero-order chi connectivity index (χ0) is 46.6. The SMILES string of the molecule is CCc1c2c(CC)c(CNC(=O)OC(C)(C)C)c(CC)c1CN=Cc1ccc([nH]1)C=NCc1c(CC)c(c(CC)c(CNC(=O)OC(C)(C)C)c1CC)CN=Cc1ccc([nH]1)C=NC2. The lowest BCUT2D eigenvalue weighted by molar-refractivity contribution is 0.0512. The van der Waals surface area contributed by atoms with Crippen molar-refractivity contribution >= 4 is 37.0 Å². The van der Waals surface area contributed by atoms with Crippen LogP contribution in [0.25, 0.3) is 0 Å². The third-order valence-corrected chi connectivity index (χ3v) is 11.5. The van der Waals surface area contributed by atoms with Crippen LogP contribution in [0.3, 0.4) is 0 Å². The second-order valence-electron chi connectivity index (χ2n) is 18.2. The number of aliphatic imine (C=N–C) groups is 4. The summed E-state index contributed by atoms with van der Waals surface area (Å²) in [5, 5.41) is 6.11. The largest absolute Gasteiger partial charge is 0.444 e. The summed E-state index contributed by atoms with van der Waals surface area (Å²) in [5.41, 5.74) is 16.6. The van der Waals surface area contributed by atoms with Gasteiger partial charge >= 0.3 is 12.2 Å². The Morgan fingerprint density at radius 3 is 0.922 bits per heavy atom. The van der Waals surface area contributed by atoms with Crippen molar-refractivity contribution in [1.29, 1.82) is 0 Å². The van der Waals surface area contributed by atoms with E-state index >= 15 is 0 Å². The van der Waals surface area contributed by atoms with Gasteiger partial charge in [-0.1, -0.05) is 41.5 Å². The molecule has 12 heteroatoms. The molecule has 3 heterocycles. The first-order valence-corrected chi connectivity index (χ1v) is 23.2. The fourth-order valence-electron chi connectivity index (χ4n) is 8.99. The average Bonchev–Trinajstić information content (AvgIpc) is 3.89. The summed E-state index contributed by atoms with van der Waals surface area (Å²) in [6.07, 6.45) is 11.5. The highest BCUT2D eigenvalue weighted by atomic mass is 16.6. The van der Waals surface area contributed by atoms with E-state index in [-0.39, 0.29) is 0 Å². The van der Waals surface area contributed by atoms with Gasteiger partial charge in [0.15, 0.2) is 0 Å². The Labute approximate surface area is 381 Å². The number of nitrogens with zero attached hydrogens (tertiary/aromatic N) is 4. The van der Waals surface area contributed by atoms with Crippen LogP contribution in [0, 0.1) is 0 Å². The van der Waals surface area contributed by atoms with E-state index in [0.29, 0.717) is 39.3 Å². The lowest BCUT2D eigenvalue weighted by Gasteiger charge is -2.26. The van der Waals surface area contributed by atoms with Crippen molar-refractivity contribution in [2.75, 3.05) is 0 Å². The molecule has 4 aromatic rings.